The van der Waals surface area contributed by atoms with Gasteiger partial charge in [-0.05, 0) is 31.3 Å². The number of primary amides is 1. The van der Waals surface area contributed by atoms with E-state index in [0.29, 0.717) is 16.3 Å². The van der Waals surface area contributed by atoms with E-state index >= 15 is 0 Å². The minimum absolute atomic E-state index is 0.161. The van der Waals surface area contributed by atoms with Gasteiger partial charge in [0.2, 0.25) is 5.91 Å². The van der Waals surface area contributed by atoms with Crippen molar-refractivity contribution in [2.75, 3.05) is 0 Å². The zero-order valence-electron chi connectivity index (χ0n) is 9.83. The maximum atomic E-state index is 11.0. The molecule has 18 heavy (non-hydrogen) atoms. The molecule has 1 atom stereocenters. The molecular formula is C11H13N5OS. The van der Waals surface area contributed by atoms with Crippen LogP contribution in [-0.2, 0) is 4.79 Å². The van der Waals surface area contributed by atoms with Gasteiger partial charge in [0, 0.05) is 18.7 Å². The third-order valence-electron chi connectivity index (χ3n) is 2.54. The lowest BCUT2D eigenvalue weighted by atomic mass is 10.2. The molecule has 2 aromatic heterocycles. The summed E-state index contributed by atoms with van der Waals surface area (Å²) in [5.74, 6) is 0.229. The molecule has 2 rings (SSSR count). The third-order valence-corrected chi connectivity index (χ3v) is 2.82. The minimum atomic E-state index is -0.377. The summed E-state index contributed by atoms with van der Waals surface area (Å²) < 4.78 is 2.20. The molecule has 0 aliphatic carbocycles. The van der Waals surface area contributed by atoms with E-state index in [9.17, 15) is 4.79 Å². The van der Waals surface area contributed by atoms with Gasteiger partial charge in [-0.1, -0.05) is 6.07 Å². The largest absolute Gasteiger partial charge is 0.370 e. The molecule has 1 amide bonds. The maximum absolute atomic E-state index is 11.0. The van der Waals surface area contributed by atoms with Gasteiger partial charge in [0.25, 0.3) is 0 Å². The molecule has 1 unspecified atom stereocenters. The topological polar surface area (TPSA) is 89.6 Å². The van der Waals surface area contributed by atoms with Crippen molar-refractivity contribution in [2.45, 2.75) is 19.4 Å². The van der Waals surface area contributed by atoms with E-state index in [2.05, 4.69) is 15.2 Å². The number of carbonyl (C=O) groups is 1. The Kier molecular flexibility index (Phi) is 3.52. The van der Waals surface area contributed by atoms with E-state index in [1.54, 1.807) is 10.8 Å². The van der Waals surface area contributed by atoms with Gasteiger partial charge in [0.15, 0.2) is 10.6 Å². The Labute approximate surface area is 109 Å². The van der Waals surface area contributed by atoms with Crippen LogP contribution in [0.15, 0.2) is 24.4 Å². The van der Waals surface area contributed by atoms with E-state index in [4.69, 9.17) is 18.0 Å². The van der Waals surface area contributed by atoms with Gasteiger partial charge in [0.1, 0.15) is 5.69 Å². The molecule has 0 saturated carbocycles. The number of nitrogens with zero attached hydrogens (tertiary/aromatic N) is 3. The van der Waals surface area contributed by atoms with Gasteiger partial charge in [-0.3, -0.25) is 19.4 Å². The quantitative estimate of drug-likeness (QED) is 0.817. The summed E-state index contributed by atoms with van der Waals surface area (Å²) in [6, 6.07) is 5.36. The van der Waals surface area contributed by atoms with Crippen LogP contribution in [0.25, 0.3) is 11.5 Å². The van der Waals surface area contributed by atoms with Crippen LogP contribution in [0.3, 0.4) is 0 Å². The fourth-order valence-corrected chi connectivity index (χ4v) is 2.08. The van der Waals surface area contributed by atoms with Gasteiger partial charge in [-0.25, -0.2) is 0 Å². The number of nitrogens with two attached hydrogens (primary N) is 1. The van der Waals surface area contributed by atoms with Gasteiger partial charge in [-0.15, -0.1) is 0 Å². The van der Waals surface area contributed by atoms with Gasteiger partial charge < -0.3 is 5.73 Å². The second-order valence-corrected chi connectivity index (χ2v) is 4.34. The summed E-state index contributed by atoms with van der Waals surface area (Å²) in [7, 11) is 0. The van der Waals surface area contributed by atoms with Crippen LogP contribution in [0.5, 0.6) is 0 Å². The van der Waals surface area contributed by atoms with Crippen molar-refractivity contribution < 1.29 is 4.79 Å². The molecule has 0 aliphatic heterocycles. The number of hydrogen-bond donors (Lipinski definition) is 2. The molecule has 0 radical (unpaired) electrons. The minimum Gasteiger partial charge on any atom is -0.370 e. The smallest absolute Gasteiger partial charge is 0.219 e. The van der Waals surface area contributed by atoms with Crippen LogP contribution in [0, 0.1) is 4.77 Å². The number of hydrogen-bond acceptors (Lipinski definition) is 4. The second kappa shape index (κ2) is 5.09. The van der Waals surface area contributed by atoms with Crippen molar-refractivity contribution in [1.82, 2.24) is 19.7 Å². The van der Waals surface area contributed by atoms with E-state index in [1.165, 1.54) is 0 Å². The highest BCUT2D eigenvalue weighted by Crippen LogP contribution is 2.20. The third kappa shape index (κ3) is 2.45. The summed E-state index contributed by atoms with van der Waals surface area (Å²) in [4.78, 5) is 15.2. The lowest BCUT2D eigenvalue weighted by molar-refractivity contribution is -0.118. The SMILES string of the molecule is CC(CC(N)=O)n1c(-c2ccccn2)n[nH]c1=S. The molecule has 0 saturated heterocycles. The van der Waals surface area contributed by atoms with E-state index in [-0.39, 0.29) is 18.4 Å². The van der Waals surface area contributed by atoms with Crippen molar-refractivity contribution in [3.05, 3.63) is 29.2 Å². The van der Waals surface area contributed by atoms with Crippen LogP contribution in [0.2, 0.25) is 0 Å². The number of pyridine rings is 1. The predicted octanol–water partition coefficient (Wildman–Crippen LogP) is 1.44. The van der Waals surface area contributed by atoms with E-state index in [0.717, 1.165) is 0 Å². The monoisotopic (exact) mass is 263 g/mol. The van der Waals surface area contributed by atoms with Crippen molar-refractivity contribution in [3.63, 3.8) is 0 Å². The van der Waals surface area contributed by atoms with Crippen molar-refractivity contribution in [3.8, 4) is 11.5 Å². The molecular weight excluding hydrogens is 250 g/mol. The Morgan fingerprint density at radius 1 is 1.61 bits per heavy atom. The maximum Gasteiger partial charge on any atom is 0.219 e. The molecule has 0 aliphatic rings. The summed E-state index contributed by atoms with van der Waals surface area (Å²) in [5.41, 5.74) is 5.90. The molecule has 0 fully saturated rings. The van der Waals surface area contributed by atoms with Crippen LogP contribution in [0.1, 0.15) is 19.4 Å². The Bertz CT molecular complexity index is 603. The number of aromatic amines is 1. The molecule has 3 N–H and O–H groups in total. The molecule has 6 nitrogen and oxygen atoms in total. The fraction of sp³-hybridized carbons (Fsp3) is 0.273. The average molecular weight is 263 g/mol. The Hall–Kier alpha value is -2.02. The number of rotatable bonds is 4. The molecule has 0 aromatic carbocycles. The Balaban J connectivity index is 2.45. The first kappa shape index (κ1) is 12.4. The predicted molar refractivity (Wildman–Crippen MR) is 69.2 cm³/mol. The summed E-state index contributed by atoms with van der Waals surface area (Å²) in [6.07, 6.45) is 1.88. The molecule has 94 valence electrons. The number of amides is 1. The van der Waals surface area contributed by atoms with Crippen LogP contribution in [-0.4, -0.2) is 25.7 Å². The Morgan fingerprint density at radius 2 is 2.39 bits per heavy atom. The van der Waals surface area contributed by atoms with Gasteiger partial charge in [0.05, 0.1) is 0 Å². The number of aromatic nitrogens is 4. The number of H-pyrrole nitrogens is 1. The highest BCUT2D eigenvalue weighted by molar-refractivity contribution is 7.71. The van der Waals surface area contributed by atoms with Crippen LogP contribution < -0.4 is 5.73 Å². The summed E-state index contributed by atoms with van der Waals surface area (Å²) in [5, 5.41) is 6.86. The highest BCUT2D eigenvalue weighted by atomic mass is 32.1. The lowest BCUT2D eigenvalue weighted by Crippen LogP contribution is -2.18. The highest BCUT2D eigenvalue weighted by Gasteiger charge is 2.16. The standard InChI is InChI=1S/C11H13N5OS/c1-7(6-9(12)17)16-10(14-15-11(16)18)8-4-2-3-5-13-8/h2-5,7H,6H2,1H3,(H2,12,17)(H,15,18). The first-order chi connectivity index (χ1) is 8.59. The van der Waals surface area contributed by atoms with Crippen LogP contribution >= 0.6 is 12.2 Å². The zero-order chi connectivity index (χ0) is 13.1. The van der Waals surface area contributed by atoms with E-state index < -0.39 is 0 Å². The van der Waals surface area contributed by atoms with Crippen molar-refractivity contribution in [1.29, 1.82) is 0 Å². The summed E-state index contributed by atoms with van der Waals surface area (Å²) >= 11 is 5.17. The molecule has 2 aromatic rings. The molecule has 0 spiro atoms. The molecule has 2 heterocycles. The van der Waals surface area contributed by atoms with Crippen molar-refractivity contribution in [2.24, 2.45) is 5.73 Å². The molecule has 0 bridgehead atoms. The number of nitrogens with one attached hydrogen (secondary N) is 1. The van der Waals surface area contributed by atoms with Gasteiger partial charge >= 0.3 is 0 Å². The number of carbonyl (C=O) groups excluding carboxylic acids is 1. The van der Waals surface area contributed by atoms with Crippen molar-refractivity contribution >= 4 is 18.1 Å². The van der Waals surface area contributed by atoms with E-state index in [1.807, 2.05) is 25.1 Å². The zero-order valence-corrected chi connectivity index (χ0v) is 10.6. The second-order valence-electron chi connectivity index (χ2n) is 3.96. The average Bonchev–Trinajstić information content (AvgIpc) is 2.71. The summed E-state index contributed by atoms with van der Waals surface area (Å²) in [6.45, 7) is 1.86. The normalized spacial score (nSPS) is 12.3. The first-order valence-electron chi connectivity index (χ1n) is 5.46. The van der Waals surface area contributed by atoms with Gasteiger partial charge in [-0.2, -0.15) is 5.10 Å². The first-order valence-corrected chi connectivity index (χ1v) is 5.87. The van der Waals surface area contributed by atoms with Crippen LogP contribution in [0.4, 0.5) is 0 Å². The molecule has 7 heteroatoms. The lowest BCUT2D eigenvalue weighted by Gasteiger charge is -2.13. The Morgan fingerprint density at radius 3 is 3.00 bits per heavy atom. The fourth-order valence-electron chi connectivity index (χ4n) is 1.77.